The van der Waals surface area contributed by atoms with E-state index in [1.165, 1.54) is 7.11 Å². The van der Waals surface area contributed by atoms with Crippen molar-refractivity contribution in [2.45, 2.75) is 36.0 Å². The first kappa shape index (κ1) is 67.4. The van der Waals surface area contributed by atoms with Gasteiger partial charge in [-0.05, 0) is 128 Å². The number of pyridine rings is 2. The van der Waals surface area contributed by atoms with Crippen LogP contribution in [-0.4, -0.2) is 83.4 Å². The number of carbonyl (C=O) groups is 2. The van der Waals surface area contributed by atoms with Crippen LogP contribution in [0.2, 0.25) is 10.0 Å². The smallest absolute Gasteiger partial charge is 0.352 e. The summed E-state index contributed by atoms with van der Waals surface area (Å²) >= 11 is 11.9. The fourth-order valence-electron chi connectivity index (χ4n) is 13.8. The summed E-state index contributed by atoms with van der Waals surface area (Å²) in [6, 6.07) is 92.4. The first-order valence-corrected chi connectivity index (χ1v) is 34.0. The second-order valence-electron chi connectivity index (χ2n) is 24.7. The largest absolute Gasteiger partial charge is 0.465 e. The molecule has 0 bridgehead atoms. The third kappa shape index (κ3) is 13.1. The minimum atomic E-state index is -0.855. The molecule has 0 fully saturated rings. The van der Waals surface area contributed by atoms with Gasteiger partial charge in [-0.3, -0.25) is 14.8 Å². The quantitative estimate of drug-likeness (QED) is 0.0501. The number of nitrogens with two attached hydrogens (primary N) is 1. The van der Waals surface area contributed by atoms with Gasteiger partial charge in [0.1, 0.15) is 33.9 Å². The number of hydrogen-bond acceptors (Lipinski definition) is 12. The molecule has 102 heavy (non-hydrogen) atoms. The highest BCUT2D eigenvalue weighted by Gasteiger charge is 2.43. The summed E-state index contributed by atoms with van der Waals surface area (Å²) in [7, 11) is 1.39. The Morgan fingerprint density at radius 2 is 0.833 bits per heavy atom. The van der Waals surface area contributed by atoms with E-state index in [1.807, 2.05) is 91.0 Å². The number of amides is 1. The molecule has 0 spiro atoms. The number of halogens is 2. The summed E-state index contributed by atoms with van der Waals surface area (Å²) in [6.07, 6.45) is 7.83. The van der Waals surface area contributed by atoms with Crippen LogP contribution >= 0.6 is 23.2 Å². The minimum absolute atomic E-state index is 0.0552. The van der Waals surface area contributed by atoms with Gasteiger partial charge in [0, 0.05) is 69.6 Å². The molecule has 2 aliphatic rings. The molecular weight excluding hydrogens is 1310 g/mol. The average Bonchev–Trinajstić information content (AvgIpc) is 1.44. The van der Waals surface area contributed by atoms with Gasteiger partial charge in [-0.1, -0.05) is 229 Å². The topological polar surface area (TPSA) is 208 Å². The van der Waals surface area contributed by atoms with Crippen molar-refractivity contribution >= 4 is 79.7 Å². The summed E-state index contributed by atoms with van der Waals surface area (Å²) in [6.45, 7) is -0.331. The molecule has 5 N–H and O–H groups in total. The van der Waals surface area contributed by atoms with Crippen molar-refractivity contribution in [1.29, 1.82) is 0 Å². The first-order chi connectivity index (χ1) is 50.0. The lowest BCUT2D eigenvalue weighted by Gasteiger charge is -2.37. The zero-order valence-electron chi connectivity index (χ0n) is 55.4. The molecule has 10 aromatic carbocycles. The zero-order chi connectivity index (χ0) is 70.2. The van der Waals surface area contributed by atoms with Gasteiger partial charge in [-0.15, -0.1) is 0 Å². The summed E-state index contributed by atoms with van der Waals surface area (Å²) in [5, 5.41) is 35.7. The Bertz CT molecular complexity index is 5170. The Labute approximate surface area is 599 Å². The normalized spacial score (nSPS) is 12.9. The lowest BCUT2D eigenvalue weighted by atomic mass is 9.77. The van der Waals surface area contributed by atoms with Crippen LogP contribution < -0.4 is 11.1 Å². The molecule has 502 valence electrons. The van der Waals surface area contributed by atoms with Crippen molar-refractivity contribution in [1.82, 2.24) is 34.8 Å². The standard InChI is InChI=1S/C42H32ClN5O2.C35H26N4O2.C8H10ClNO/c43-34-18-10-11-29(23-34)38(27-49)46-41(50)37-24-30-25-39-35(26-36(30)45-37)40(28-19-21-44-22-20-28)47-48(39)42(31-12-4-1-5-13-31,32-14-6-2-7-15-32)33-16-8-3-9-17-33;1-41-34(40)31-21-25-22-32-29(23-30(25)37-31)33(24-17-19-36-20-18-24)38-39(32)35(26-11-5-2-6-12-26,27-13-7-3-8-14-27)28-15-9-4-10-16-28;9-7-3-1-2-6(4-7)8(10)5-11/h1-23,25-26,38,49H,24,27H2,(H,46,50);2-20,22-23H,21H2,1H3;1-4,8,11H,5,10H2/t38-;;8-/m1.1/s1. The Morgan fingerprint density at radius 3 is 1.20 bits per heavy atom. The van der Waals surface area contributed by atoms with E-state index < -0.39 is 23.1 Å². The maximum atomic E-state index is 13.6. The molecule has 6 heterocycles. The molecule has 2 aliphatic heterocycles. The summed E-state index contributed by atoms with van der Waals surface area (Å²) in [5.74, 6) is -0.749. The van der Waals surface area contributed by atoms with Crippen LogP contribution in [0, 0.1) is 0 Å². The monoisotopic (exact) mass is 1380 g/mol. The van der Waals surface area contributed by atoms with Gasteiger partial charge in [0.15, 0.2) is 0 Å². The molecule has 2 atom stereocenters. The zero-order valence-corrected chi connectivity index (χ0v) is 56.9. The number of methoxy groups -OCH3 is 1. The summed E-state index contributed by atoms with van der Waals surface area (Å²) in [5.41, 5.74) is 21.3. The Balaban J connectivity index is 0.000000152. The number of aromatic nitrogens is 6. The number of carbonyl (C=O) groups excluding carboxylic acids is 2. The summed E-state index contributed by atoms with van der Waals surface area (Å²) < 4.78 is 9.28. The molecule has 0 radical (unpaired) electrons. The Hall–Kier alpha value is -11.8. The van der Waals surface area contributed by atoms with Crippen LogP contribution in [0.4, 0.5) is 11.4 Å². The average molecular weight is 1380 g/mol. The van der Waals surface area contributed by atoms with Crippen molar-refractivity contribution in [2.24, 2.45) is 15.7 Å². The van der Waals surface area contributed by atoms with Crippen molar-refractivity contribution in [3.63, 3.8) is 0 Å². The lowest BCUT2D eigenvalue weighted by Crippen LogP contribution is -2.38. The van der Waals surface area contributed by atoms with Crippen LogP contribution in [-0.2, 0) is 38.2 Å². The number of aliphatic hydroxyl groups excluding tert-OH is 2. The van der Waals surface area contributed by atoms with E-state index in [4.69, 9.17) is 54.0 Å². The molecular formula is C85H68Cl2N10O5. The number of fused-ring (bicyclic) bond motifs is 4. The maximum absolute atomic E-state index is 13.6. The Morgan fingerprint density at radius 1 is 0.471 bits per heavy atom. The molecule has 15 nitrogen and oxygen atoms in total. The number of nitrogens with zero attached hydrogens (tertiary/aromatic N) is 8. The van der Waals surface area contributed by atoms with Gasteiger partial charge in [-0.25, -0.2) is 24.1 Å². The molecule has 1 amide bonds. The van der Waals surface area contributed by atoms with Gasteiger partial charge < -0.3 is 26.0 Å². The number of rotatable bonds is 17. The van der Waals surface area contributed by atoms with Crippen molar-refractivity contribution in [3.8, 4) is 22.5 Å². The number of esters is 1. The van der Waals surface area contributed by atoms with Crippen LogP contribution in [0.25, 0.3) is 44.3 Å². The van der Waals surface area contributed by atoms with E-state index in [2.05, 4.69) is 187 Å². The van der Waals surface area contributed by atoms with Crippen molar-refractivity contribution in [2.75, 3.05) is 20.3 Å². The third-order valence-electron chi connectivity index (χ3n) is 18.6. The third-order valence-corrected chi connectivity index (χ3v) is 19.0. The van der Waals surface area contributed by atoms with Crippen molar-refractivity contribution < 1.29 is 24.5 Å². The highest BCUT2D eigenvalue weighted by Crippen LogP contribution is 2.48. The number of benzene rings is 10. The van der Waals surface area contributed by atoms with Gasteiger partial charge in [0.25, 0.3) is 5.91 Å². The van der Waals surface area contributed by atoms with E-state index in [9.17, 15) is 14.7 Å². The molecule has 16 rings (SSSR count). The van der Waals surface area contributed by atoms with Crippen LogP contribution in [0.15, 0.2) is 314 Å². The summed E-state index contributed by atoms with van der Waals surface area (Å²) in [4.78, 5) is 44.0. The van der Waals surface area contributed by atoms with Crippen molar-refractivity contribution in [3.05, 3.63) is 370 Å². The minimum Gasteiger partial charge on any atom is -0.465 e. The van der Waals surface area contributed by atoms with Crippen LogP contribution in [0.5, 0.6) is 0 Å². The number of nitrogens with one attached hydrogen (secondary N) is 1. The molecule has 0 saturated carbocycles. The molecule has 4 aromatic heterocycles. The lowest BCUT2D eigenvalue weighted by molar-refractivity contribution is -0.132. The fraction of sp³-hybridized carbons (Fsp3) is 0.106. The van der Waals surface area contributed by atoms with E-state index in [-0.39, 0.29) is 25.2 Å². The van der Waals surface area contributed by atoms with Gasteiger partial charge >= 0.3 is 5.97 Å². The SMILES string of the molecule is COC(=O)C1=Nc2cc3c(-c4ccncc4)nn(C(c4ccccc4)(c4ccccc4)c4ccccc4)c3cc2C1.N[C@H](CO)c1cccc(Cl)c1.O=C(N[C@H](CO)c1cccc(Cl)c1)C1=Nc2cc3c(-c4ccncc4)nn(C(c4ccccc4)(c4ccccc4)c4ccccc4)c3cc2C1. The molecule has 0 aliphatic carbocycles. The number of ether oxygens (including phenoxy) is 1. The van der Waals surface area contributed by atoms with Crippen LogP contribution in [0.1, 0.15) is 67.7 Å². The maximum Gasteiger partial charge on any atom is 0.352 e. The Kier molecular flexibility index (Phi) is 19.8. The second-order valence-corrected chi connectivity index (χ2v) is 25.5. The molecule has 14 aromatic rings. The predicted molar refractivity (Wildman–Crippen MR) is 404 cm³/mol. The number of aliphatic imine (C=N–C) groups is 2. The van der Waals surface area contributed by atoms with E-state index in [0.29, 0.717) is 40.0 Å². The van der Waals surface area contributed by atoms with E-state index in [1.54, 1.807) is 55.1 Å². The van der Waals surface area contributed by atoms with E-state index in [0.717, 1.165) is 106 Å². The highest BCUT2D eigenvalue weighted by molar-refractivity contribution is 6.41. The van der Waals surface area contributed by atoms with Gasteiger partial charge in [-0.2, -0.15) is 10.2 Å². The van der Waals surface area contributed by atoms with Gasteiger partial charge in [0.2, 0.25) is 0 Å². The van der Waals surface area contributed by atoms with E-state index >= 15 is 0 Å². The molecule has 17 heteroatoms. The fourth-order valence-corrected chi connectivity index (χ4v) is 14.2. The number of aliphatic hydroxyl groups is 2. The molecule has 0 unspecified atom stereocenters. The highest BCUT2D eigenvalue weighted by atomic mass is 35.5. The van der Waals surface area contributed by atoms with Crippen LogP contribution in [0.3, 0.4) is 0 Å². The first-order valence-electron chi connectivity index (χ1n) is 33.3. The second kappa shape index (κ2) is 29.9. The van der Waals surface area contributed by atoms with Gasteiger partial charge in [0.05, 0.1) is 54.8 Å². The predicted octanol–water partition coefficient (Wildman–Crippen LogP) is 16.1. The number of hydrogen-bond donors (Lipinski definition) is 4. The molecule has 0 saturated heterocycles.